The second-order valence-electron chi connectivity index (χ2n) is 6.73. The van der Waals surface area contributed by atoms with Crippen molar-refractivity contribution >= 4 is 53.3 Å². The van der Waals surface area contributed by atoms with Crippen molar-refractivity contribution in [2.75, 3.05) is 6.61 Å². The van der Waals surface area contributed by atoms with Crippen LogP contribution >= 0.6 is 0 Å². The summed E-state index contributed by atoms with van der Waals surface area (Å²) in [6, 6.07) is -1.06. The number of cyclic esters (lactones) is 1. The van der Waals surface area contributed by atoms with Crippen molar-refractivity contribution < 1.29 is 33.9 Å². The van der Waals surface area contributed by atoms with Gasteiger partial charge < -0.3 is 20.9 Å². The van der Waals surface area contributed by atoms with E-state index in [4.69, 9.17) is 15.3 Å². The summed E-state index contributed by atoms with van der Waals surface area (Å²) >= 11 is 0. The molecule has 2 atom stereocenters. The fraction of sp³-hybridized carbons (Fsp3) is 0.733. The van der Waals surface area contributed by atoms with Gasteiger partial charge in [0.25, 0.3) is 5.91 Å². The topological polar surface area (TPSA) is 148 Å². The molecule has 1 unspecified atom stereocenters. The van der Waals surface area contributed by atoms with Crippen LogP contribution in [0.25, 0.3) is 0 Å². The van der Waals surface area contributed by atoms with Gasteiger partial charge in [0.05, 0.1) is 12.0 Å². The molecule has 1 aliphatic carbocycles. The van der Waals surface area contributed by atoms with Crippen LogP contribution in [0.15, 0.2) is 0 Å². The number of amides is 2. The van der Waals surface area contributed by atoms with Gasteiger partial charge in [-0.05, 0) is 12.8 Å². The molecule has 0 aromatic heterocycles. The van der Waals surface area contributed by atoms with Gasteiger partial charge in [-0.25, -0.2) is 4.79 Å². The van der Waals surface area contributed by atoms with Gasteiger partial charge in [0.15, 0.2) is 0 Å². The monoisotopic (exact) mass is 379 g/mol. The van der Waals surface area contributed by atoms with Gasteiger partial charge in [-0.3, -0.25) is 19.2 Å². The number of carboxylic acid groups (broad SMARTS) is 1. The van der Waals surface area contributed by atoms with Gasteiger partial charge in [0, 0.05) is 6.42 Å². The fourth-order valence-corrected chi connectivity index (χ4v) is 3.47. The van der Waals surface area contributed by atoms with Crippen molar-refractivity contribution in [2.45, 2.75) is 62.3 Å². The SMILES string of the molecule is NC1(C(=O)N[C@H]2CON(C3(C(=O)O)CCC(=O)O3)C2=O)CCCCC1.[NaH]. The van der Waals surface area contributed by atoms with Gasteiger partial charge in [0.2, 0.25) is 5.91 Å². The number of carbonyl (C=O) groups excluding carboxylic acids is 3. The van der Waals surface area contributed by atoms with Crippen molar-refractivity contribution in [1.82, 2.24) is 10.4 Å². The second kappa shape index (κ2) is 7.81. The van der Waals surface area contributed by atoms with E-state index in [-0.39, 0.29) is 49.0 Å². The van der Waals surface area contributed by atoms with Gasteiger partial charge >= 0.3 is 47.2 Å². The third-order valence-corrected chi connectivity index (χ3v) is 4.98. The molecule has 2 heterocycles. The molecule has 0 radical (unpaired) electrons. The number of aliphatic carboxylic acids is 1. The average molecular weight is 379 g/mol. The van der Waals surface area contributed by atoms with E-state index in [1.165, 1.54) is 0 Å². The Bertz CT molecular complexity index is 622. The first kappa shape index (κ1) is 21.1. The molecule has 2 aliphatic heterocycles. The zero-order valence-corrected chi connectivity index (χ0v) is 13.7. The molecule has 10 nitrogen and oxygen atoms in total. The number of hydrogen-bond acceptors (Lipinski definition) is 7. The Labute approximate surface area is 172 Å². The zero-order valence-electron chi connectivity index (χ0n) is 13.7. The van der Waals surface area contributed by atoms with Crippen LogP contribution in [0.1, 0.15) is 44.9 Å². The molecule has 2 amide bonds. The first-order valence-electron chi connectivity index (χ1n) is 8.31. The van der Waals surface area contributed by atoms with Crippen LogP contribution < -0.4 is 11.1 Å². The van der Waals surface area contributed by atoms with E-state index in [9.17, 15) is 24.3 Å². The number of carboxylic acids is 1. The zero-order chi connectivity index (χ0) is 18.2. The van der Waals surface area contributed by atoms with E-state index < -0.39 is 41.1 Å². The fourth-order valence-electron chi connectivity index (χ4n) is 3.47. The Hall–Kier alpha value is -1.20. The summed E-state index contributed by atoms with van der Waals surface area (Å²) in [6.45, 7) is -0.243. The number of hydroxylamine groups is 2. The molecule has 4 N–H and O–H groups in total. The van der Waals surface area contributed by atoms with E-state index in [1.807, 2.05) is 0 Å². The summed E-state index contributed by atoms with van der Waals surface area (Å²) < 4.78 is 4.86. The van der Waals surface area contributed by atoms with E-state index in [2.05, 4.69) is 5.32 Å². The predicted molar refractivity (Wildman–Crippen MR) is 87.6 cm³/mol. The van der Waals surface area contributed by atoms with Crippen LogP contribution in [0, 0.1) is 0 Å². The van der Waals surface area contributed by atoms with Gasteiger partial charge in [-0.15, -0.1) is 0 Å². The Morgan fingerprint density at radius 3 is 2.38 bits per heavy atom. The summed E-state index contributed by atoms with van der Waals surface area (Å²) in [6.07, 6.45) is 3.39. The number of hydrogen-bond donors (Lipinski definition) is 3. The number of ether oxygens (including phenoxy) is 1. The molecule has 1 saturated carbocycles. The molecule has 0 bridgehead atoms. The minimum atomic E-state index is -2.18. The third-order valence-electron chi connectivity index (χ3n) is 4.98. The first-order chi connectivity index (χ1) is 11.8. The Kier molecular flexibility index (Phi) is 6.34. The molecule has 11 heteroatoms. The molecule has 140 valence electrons. The van der Waals surface area contributed by atoms with E-state index in [1.54, 1.807) is 0 Å². The Balaban J connectivity index is 0.00000243. The second-order valence-corrected chi connectivity index (χ2v) is 6.73. The molecule has 26 heavy (non-hydrogen) atoms. The number of esters is 1. The van der Waals surface area contributed by atoms with E-state index in [0.29, 0.717) is 17.9 Å². The van der Waals surface area contributed by atoms with Crippen LogP contribution in [0.5, 0.6) is 0 Å². The third kappa shape index (κ3) is 3.61. The van der Waals surface area contributed by atoms with Crippen molar-refractivity contribution in [3.05, 3.63) is 0 Å². The first-order valence-corrected chi connectivity index (χ1v) is 8.31. The van der Waals surface area contributed by atoms with Crippen LogP contribution in [0.3, 0.4) is 0 Å². The summed E-state index contributed by atoms with van der Waals surface area (Å²) in [7, 11) is 0. The van der Waals surface area contributed by atoms with Gasteiger partial charge in [-0.1, -0.05) is 19.3 Å². The summed E-state index contributed by atoms with van der Waals surface area (Å²) in [5.41, 5.74) is 2.92. The van der Waals surface area contributed by atoms with Crippen LogP contribution in [0.4, 0.5) is 0 Å². The Morgan fingerprint density at radius 2 is 1.85 bits per heavy atom. The maximum absolute atomic E-state index is 12.5. The minimum absolute atomic E-state index is 0. The maximum atomic E-state index is 12.5. The molecule has 3 aliphatic rings. The Morgan fingerprint density at radius 1 is 1.19 bits per heavy atom. The van der Waals surface area contributed by atoms with Crippen molar-refractivity contribution in [3.63, 3.8) is 0 Å². The normalized spacial score (nSPS) is 30.5. The van der Waals surface area contributed by atoms with Gasteiger partial charge in [0.1, 0.15) is 12.6 Å². The quantitative estimate of drug-likeness (QED) is 0.390. The van der Waals surface area contributed by atoms with Gasteiger partial charge in [-0.2, -0.15) is 5.06 Å². The summed E-state index contributed by atoms with van der Waals surface area (Å²) in [5, 5.41) is 12.5. The van der Waals surface area contributed by atoms with Crippen LogP contribution in [-0.2, 0) is 28.8 Å². The molecular weight excluding hydrogens is 357 g/mol. The number of rotatable bonds is 4. The summed E-state index contributed by atoms with van der Waals surface area (Å²) in [5.74, 6) is -3.45. The van der Waals surface area contributed by atoms with Crippen LogP contribution in [0.2, 0.25) is 0 Å². The van der Waals surface area contributed by atoms with Crippen molar-refractivity contribution in [1.29, 1.82) is 0 Å². The summed E-state index contributed by atoms with van der Waals surface area (Å²) in [4.78, 5) is 53.1. The van der Waals surface area contributed by atoms with Crippen LogP contribution in [-0.4, -0.2) is 87.4 Å². The number of nitrogens with one attached hydrogen (secondary N) is 1. The average Bonchev–Trinajstić information content (AvgIpc) is 3.13. The van der Waals surface area contributed by atoms with Crippen molar-refractivity contribution in [2.24, 2.45) is 5.73 Å². The number of carbonyl (C=O) groups is 4. The van der Waals surface area contributed by atoms with E-state index >= 15 is 0 Å². The molecular formula is C15H22N3NaO7. The molecule has 0 aromatic rings. The number of nitrogens with zero attached hydrogens (tertiary/aromatic N) is 1. The molecule has 0 aromatic carbocycles. The molecule has 0 spiro atoms. The molecule has 3 rings (SSSR count). The molecule has 3 fully saturated rings. The van der Waals surface area contributed by atoms with E-state index in [0.717, 1.165) is 19.3 Å². The predicted octanol–water partition coefficient (Wildman–Crippen LogP) is -1.62. The standard InChI is InChI=1S/C15H21N3O7.Na.H/c16-14(5-2-1-3-6-14)12(21)17-9-8-24-18(11(9)20)15(13(22)23)7-4-10(19)25-15;;/h9H,1-8,16H2,(H,17,21)(H,22,23);;/t9-,15?;;/m0../s1. The number of nitrogens with two attached hydrogens (primary N) is 1. The van der Waals surface area contributed by atoms with Crippen molar-refractivity contribution in [3.8, 4) is 0 Å². The molecule has 2 saturated heterocycles.